The lowest BCUT2D eigenvalue weighted by atomic mass is 9.71. The van der Waals surface area contributed by atoms with E-state index in [-0.39, 0.29) is 0 Å². The van der Waals surface area contributed by atoms with Crippen LogP contribution in [0.3, 0.4) is 0 Å². The van der Waals surface area contributed by atoms with Gasteiger partial charge in [-0.2, -0.15) is 0 Å². The maximum absolute atomic E-state index is 5.19. The van der Waals surface area contributed by atoms with E-state index in [4.69, 9.17) is 4.74 Å². The van der Waals surface area contributed by atoms with E-state index in [0.29, 0.717) is 11.5 Å². The van der Waals surface area contributed by atoms with Gasteiger partial charge in [0.25, 0.3) is 0 Å². The number of benzene rings is 1. The largest absolute Gasteiger partial charge is 0.497 e. The molecule has 2 rings (SSSR count). The van der Waals surface area contributed by atoms with Crippen molar-refractivity contribution >= 4 is 0 Å². The first kappa shape index (κ1) is 15.4. The number of hydrogen-bond donors (Lipinski definition) is 1. The van der Waals surface area contributed by atoms with Gasteiger partial charge in [0.15, 0.2) is 0 Å². The van der Waals surface area contributed by atoms with Crippen molar-refractivity contribution in [1.82, 2.24) is 5.32 Å². The molecule has 1 aromatic carbocycles. The Balaban J connectivity index is 1.75. The van der Waals surface area contributed by atoms with Crippen molar-refractivity contribution < 1.29 is 4.74 Å². The van der Waals surface area contributed by atoms with Crippen LogP contribution in [-0.2, 0) is 6.54 Å². The van der Waals surface area contributed by atoms with Crippen LogP contribution in [0.5, 0.6) is 5.75 Å². The third kappa shape index (κ3) is 4.24. The van der Waals surface area contributed by atoms with E-state index < -0.39 is 0 Å². The minimum absolute atomic E-state index is 0.473. The van der Waals surface area contributed by atoms with Crippen molar-refractivity contribution in [3.8, 4) is 5.75 Å². The molecule has 112 valence electrons. The molecule has 1 N–H and O–H groups in total. The summed E-state index contributed by atoms with van der Waals surface area (Å²) in [6.07, 6.45) is 5.36. The highest BCUT2D eigenvalue weighted by atomic mass is 16.5. The average molecular weight is 275 g/mol. The molecule has 0 amide bonds. The first-order valence-corrected chi connectivity index (χ1v) is 7.85. The smallest absolute Gasteiger partial charge is 0.118 e. The lowest BCUT2D eigenvalue weighted by molar-refractivity contribution is 0.160. The molecule has 0 aliphatic heterocycles. The van der Waals surface area contributed by atoms with E-state index in [1.165, 1.54) is 31.2 Å². The molecule has 1 fully saturated rings. The van der Waals surface area contributed by atoms with Crippen molar-refractivity contribution in [3.05, 3.63) is 29.8 Å². The monoisotopic (exact) mass is 275 g/mol. The lowest BCUT2D eigenvalue weighted by Crippen LogP contribution is -2.35. The Labute approximate surface area is 123 Å². The third-order valence-corrected chi connectivity index (χ3v) is 4.71. The summed E-state index contributed by atoms with van der Waals surface area (Å²) in [4.78, 5) is 0. The molecule has 0 unspecified atom stereocenters. The topological polar surface area (TPSA) is 21.3 Å². The van der Waals surface area contributed by atoms with Crippen LogP contribution in [-0.4, -0.2) is 13.2 Å². The van der Waals surface area contributed by atoms with Crippen LogP contribution in [0.25, 0.3) is 0 Å². The van der Waals surface area contributed by atoms with Gasteiger partial charge in [0, 0.05) is 12.6 Å². The van der Waals surface area contributed by atoms with Crippen molar-refractivity contribution in [2.75, 3.05) is 7.11 Å². The van der Waals surface area contributed by atoms with Gasteiger partial charge >= 0.3 is 0 Å². The zero-order valence-corrected chi connectivity index (χ0v) is 13.4. The number of rotatable bonds is 4. The van der Waals surface area contributed by atoms with Crippen molar-refractivity contribution in [2.24, 2.45) is 11.3 Å². The van der Waals surface area contributed by atoms with Gasteiger partial charge in [-0.25, -0.2) is 0 Å². The SMILES string of the molecule is COc1ccc(CNC2CCC(C(C)(C)C)CC2)cc1. The second-order valence-corrected chi connectivity index (χ2v) is 7.14. The van der Waals surface area contributed by atoms with Crippen LogP contribution >= 0.6 is 0 Å². The summed E-state index contributed by atoms with van der Waals surface area (Å²) >= 11 is 0. The van der Waals surface area contributed by atoms with Crippen LogP contribution < -0.4 is 10.1 Å². The van der Waals surface area contributed by atoms with Gasteiger partial charge in [-0.05, 0) is 54.7 Å². The molecule has 1 aromatic rings. The molecule has 0 spiro atoms. The molecule has 0 heterocycles. The predicted octanol–water partition coefficient (Wildman–Crippen LogP) is 4.39. The summed E-state index contributed by atoms with van der Waals surface area (Å²) in [6, 6.07) is 9.05. The maximum atomic E-state index is 5.19. The second kappa shape index (κ2) is 6.62. The minimum atomic E-state index is 0.473. The molecule has 1 aliphatic carbocycles. The minimum Gasteiger partial charge on any atom is -0.497 e. The summed E-state index contributed by atoms with van der Waals surface area (Å²) in [6.45, 7) is 8.10. The van der Waals surface area contributed by atoms with E-state index >= 15 is 0 Å². The molecule has 1 saturated carbocycles. The molecule has 2 nitrogen and oxygen atoms in total. The maximum Gasteiger partial charge on any atom is 0.118 e. The Kier molecular flexibility index (Phi) is 5.09. The molecule has 0 radical (unpaired) electrons. The lowest BCUT2D eigenvalue weighted by Gasteiger charge is -2.37. The van der Waals surface area contributed by atoms with Gasteiger partial charge in [0.1, 0.15) is 5.75 Å². The zero-order chi connectivity index (χ0) is 14.6. The van der Waals surface area contributed by atoms with Crippen LogP contribution in [0.2, 0.25) is 0 Å². The summed E-state index contributed by atoms with van der Waals surface area (Å²) in [5.41, 5.74) is 1.81. The quantitative estimate of drug-likeness (QED) is 0.880. The molecular weight excluding hydrogens is 246 g/mol. The first-order chi connectivity index (χ1) is 9.49. The van der Waals surface area contributed by atoms with Gasteiger partial charge < -0.3 is 10.1 Å². The van der Waals surface area contributed by atoms with Gasteiger partial charge in [-0.15, -0.1) is 0 Å². The summed E-state index contributed by atoms with van der Waals surface area (Å²) < 4.78 is 5.19. The fourth-order valence-corrected chi connectivity index (χ4v) is 3.17. The Bertz CT molecular complexity index is 396. The fraction of sp³-hybridized carbons (Fsp3) is 0.667. The molecule has 1 aliphatic rings. The average Bonchev–Trinajstić information content (AvgIpc) is 2.45. The van der Waals surface area contributed by atoms with Crippen LogP contribution in [0.1, 0.15) is 52.0 Å². The van der Waals surface area contributed by atoms with Crippen LogP contribution in [0, 0.1) is 11.3 Å². The van der Waals surface area contributed by atoms with Crippen LogP contribution in [0.15, 0.2) is 24.3 Å². The standard InChI is InChI=1S/C18H29NO/c1-18(2,3)15-7-9-16(10-8-15)19-13-14-5-11-17(20-4)12-6-14/h5-6,11-12,15-16,19H,7-10,13H2,1-4H3. The normalized spacial score (nSPS) is 23.6. The Hall–Kier alpha value is -1.02. The van der Waals surface area contributed by atoms with E-state index in [9.17, 15) is 0 Å². The summed E-state index contributed by atoms with van der Waals surface area (Å²) in [5, 5.41) is 3.71. The molecule has 0 saturated heterocycles. The number of ether oxygens (including phenoxy) is 1. The molecule has 2 heteroatoms. The number of methoxy groups -OCH3 is 1. The van der Waals surface area contributed by atoms with Gasteiger partial charge in [0.05, 0.1) is 7.11 Å². The van der Waals surface area contributed by atoms with E-state index in [1.54, 1.807) is 7.11 Å². The highest BCUT2D eigenvalue weighted by Gasteiger charge is 2.29. The molecule has 20 heavy (non-hydrogen) atoms. The molecular formula is C18H29NO. The van der Waals surface area contributed by atoms with Gasteiger partial charge in [-0.3, -0.25) is 0 Å². The molecule has 0 aromatic heterocycles. The fourth-order valence-electron chi connectivity index (χ4n) is 3.17. The highest BCUT2D eigenvalue weighted by molar-refractivity contribution is 5.27. The Morgan fingerprint density at radius 1 is 1.05 bits per heavy atom. The van der Waals surface area contributed by atoms with Crippen molar-refractivity contribution in [3.63, 3.8) is 0 Å². The summed E-state index contributed by atoms with van der Waals surface area (Å²) in [5.74, 6) is 1.82. The van der Waals surface area contributed by atoms with Gasteiger partial charge in [0.2, 0.25) is 0 Å². The van der Waals surface area contributed by atoms with E-state index in [2.05, 4.69) is 38.2 Å². The van der Waals surface area contributed by atoms with E-state index in [1.807, 2.05) is 12.1 Å². The first-order valence-electron chi connectivity index (χ1n) is 7.85. The Morgan fingerprint density at radius 2 is 1.65 bits per heavy atom. The number of nitrogens with one attached hydrogen (secondary N) is 1. The summed E-state index contributed by atoms with van der Waals surface area (Å²) in [7, 11) is 1.71. The van der Waals surface area contributed by atoms with Crippen molar-refractivity contribution in [1.29, 1.82) is 0 Å². The molecule has 0 atom stereocenters. The Morgan fingerprint density at radius 3 is 2.15 bits per heavy atom. The highest BCUT2D eigenvalue weighted by Crippen LogP contribution is 2.37. The predicted molar refractivity (Wildman–Crippen MR) is 85.0 cm³/mol. The molecule has 0 bridgehead atoms. The van der Waals surface area contributed by atoms with Crippen molar-refractivity contribution in [2.45, 2.75) is 59.0 Å². The van der Waals surface area contributed by atoms with E-state index in [0.717, 1.165) is 18.2 Å². The zero-order valence-electron chi connectivity index (χ0n) is 13.4. The van der Waals surface area contributed by atoms with Crippen LogP contribution in [0.4, 0.5) is 0 Å². The second-order valence-electron chi connectivity index (χ2n) is 7.14. The third-order valence-electron chi connectivity index (χ3n) is 4.71. The number of hydrogen-bond acceptors (Lipinski definition) is 2. The van der Waals surface area contributed by atoms with Gasteiger partial charge in [-0.1, -0.05) is 32.9 Å².